The van der Waals surface area contributed by atoms with E-state index >= 15 is 0 Å². The standard InChI is InChI=1S/C19H29NO/c1-4-5-15-11-19(12-15,13-20-17-8-9-17)16-7-6-14(2)18(10-16)21-3/h6-7,10,15,17,20H,4-5,8-9,11-13H2,1-3H3. The lowest BCUT2D eigenvalue weighted by atomic mass is 9.57. The Morgan fingerprint density at radius 2 is 2.05 bits per heavy atom. The largest absolute Gasteiger partial charge is 0.496 e. The lowest BCUT2D eigenvalue weighted by Gasteiger charge is -2.49. The Morgan fingerprint density at radius 1 is 1.29 bits per heavy atom. The fraction of sp³-hybridized carbons (Fsp3) is 0.684. The molecule has 1 N–H and O–H groups in total. The Bertz CT molecular complexity index is 486. The van der Waals surface area contributed by atoms with Crippen LogP contribution in [-0.4, -0.2) is 19.7 Å². The zero-order chi connectivity index (χ0) is 14.9. The predicted molar refractivity (Wildman–Crippen MR) is 88.1 cm³/mol. The van der Waals surface area contributed by atoms with Gasteiger partial charge in [0.15, 0.2) is 0 Å². The molecule has 2 aliphatic rings. The van der Waals surface area contributed by atoms with Gasteiger partial charge in [0.25, 0.3) is 0 Å². The van der Waals surface area contributed by atoms with E-state index in [4.69, 9.17) is 4.74 Å². The molecule has 2 saturated carbocycles. The van der Waals surface area contributed by atoms with E-state index in [-0.39, 0.29) is 0 Å². The quantitative estimate of drug-likeness (QED) is 0.811. The van der Waals surface area contributed by atoms with Gasteiger partial charge in [0, 0.05) is 18.0 Å². The molecular formula is C19H29NO. The zero-order valence-corrected chi connectivity index (χ0v) is 13.7. The number of nitrogens with one attached hydrogen (secondary N) is 1. The molecule has 0 amide bonds. The van der Waals surface area contributed by atoms with Crippen LogP contribution in [0.15, 0.2) is 18.2 Å². The van der Waals surface area contributed by atoms with E-state index in [1.165, 1.54) is 49.7 Å². The third-order valence-electron chi connectivity index (χ3n) is 5.38. The van der Waals surface area contributed by atoms with Crippen LogP contribution in [0, 0.1) is 12.8 Å². The molecule has 2 nitrogen and oxygen atoms in total. The van der Waals surface area contributed by atoms with Crippen molar-refractivity contribution in [2.24, 2.45) is 5.92 Å². The zero-order valence-electron chi connectivity index (χ0n) is 13.7. The minimum atomic E-state index is 0.351. The summed E-state index contributed by atoms with van der Waals surface area (Å²) < 4.78 is 5.54. The monoisotopic (exact) mass is 287 g/mol. The topological polar surface area (TPSA) is 21.3 Å². The van der Waals surface area contributed by atoms with Gasteiger partial charge < -0.3 is 10.1 Å². The van der Waals surface area contributed by atoms with Crippen LogP contribution in [0.3, 0.4) is 0 Å². The highest BCUT2D eigenvalue weighted by atomic mass is 16.5. The number of benzene rings is 1. The van der Waals surface area contributed by atoms with E-state index in [0.29, 0.717) is 5.41 Å². The lowest BCUT2D eigenvalue weighted by molar-refractivity contribution is 0.128. The van der Waals surface area contributed by atoms with Crippen LogP contribution >= 0.6 is 0 Å². The van der Waals surface area contributed by atoms with Crippen molar-refractivity contribution in [1.82, 2.24) is 5.32 Å². The number of hydrogen-bond donors (Lipinski definition) is 1. The normalized spacial score (nSPS) is 28.2. The summed E-state index contributed by atoms with van der Waals surface area (Å²) in [5.41, 5.74) is 3.06. The van der Waals surface area contributed by atoms with E-state index in [1.54, 1.807) is 7.11 Å². The second kappa shape index (κ2) is 6.00. The molecule has 0 atom stereocenters. The highest BCUT2D eigenvalue weighted by molar-refractivity contribution is 5.41. The summed E-state index contributed by atoms with van der Waals surface area (Å²) >= 11 is 0. The smallest absolute Gasteiger partial charge is 0.122 e. The fourth-order valence-corrected chi connectivity index (χ4v) is 3.92. The molecule has 0 radical (unpaired) electrons. The SMILES string of the molecule is CCCC1CC(CNC2CC2)(c2ccc(C)c(OC)c2)C1. The maximum absolute atomic E-state index is 5.54. The molecule has 1 aromatic carbocycles. The molecule has 21 heavy (non-hydrogen) atoms. The minimum Gasteiger partial charge on any atom is -0.496 e. The van der Waals surface area contributed by atoms with E-state index < -0.39 is 0 Å². The van der Waals surface area contributed by atoms with Gasteiger partial charge in [-0.25, -0.2) is 0 Å². The fourth-order valence-electron chi connectivity index (χ4n) is 3.92. The third kappa shape index (κ3) is 3.11. The van der Waals surface area contributed by atoms with E-state index in [9.17, 15) is 0 Å². The second-order valence-corrected chi connectivity index (χ2v) is 7.18. The Balaban J connectivity index is 1.77. The average molecular weight is 287 g/mol. The summed E-state index contributed by atoms with van der Waals surface area (Å²) in [5, 5.41) is 3.77. The van der Waals surface area contributed by atoms with Crippen molar-refractivity contribution >= 4 is 0 Å². The molecule has 0 heterocycles. The first-order valence-electron chi connectivity index (χ1n) is 8.55. The molecule has 0 aromatic heterocycles. The first-order chi connectivity index (χ1) is 10.2. The number of methoxy groups -OCH3 is 1. The molecule has 0 bridgehead atoms. The van der Waals surface area contributed by atoms with Gasteiger partial charge in [-0.15, -0.1) is 0 Å². The summed E-state index contributed by atoms with van der Waals surface area (Å²) in [4.78, 5) is 0. The molecule has 0 spiro atoms. The predicted octanol–water partition coefficient (Wildman–Crippen LogP) is 4.20. The third-order valence-corrected chi connectivity index (χ3v) is 5.38. The van der Waals surface area contributed by atoms with Crippen molar-refractivity contribution < 1.29 is 4.74 Å². The van der Waals surface area contributed by atoms with Gasteiger partial charge in [0.1, 0.15) is 5.75 Å². The molecule has 1 aromatic rings. The summed E-state index contributed by atoms with van der Waals surface area (Å²) in [6.45, 7) is 5.57. The van der Waals surface area contributed by atoms with Crippen molar-refractivity contribution in [2.45, 2.75) is 63.8 Å². The van der Waals surface area contributed by atoms with Gasteiger partial charge in [0.2, 0.25) is 0 Å². The highest BCUT2D eigenvalue weighted by Gasteiger charge is 2.45. The summed E-state index contributed by atoms with van der Waals surface area (Å²) in [7, 11) is 1.78. The second-order valence-electron chi connectivity index (χ2n) is 7.18. The minimum absolute atomic E-state index is 0.351. The molecule has 0 saturated heterocycles. The molecule has 0 unspecified atom stereocenters. The van der Waals surface area contributed by atoms with Gasteiger partial charge in [-0.2, -0.15) is 0 Å². The summed E-state index contributed by atoms with van der Waals surface area (Å²) in [6, 6.07) is 7.63. The Labute approximate surface area is 129 Å². The molecule has 116 valence electrons. The maximum Gasteiger partial charge on any atom is 0.122 e. The number of aryl methyl sites for hydroxylation is 1. The van der Waals surface area contributed by atoms with Crippen molar-refractivity contribution in [1.29, 1.82) is 0 Å². The molecular weight excluding hydrogens is 258 g/mol. The van der Waals surface area contributed by atoms with Crippen molar-refractivity contribution in [3.8, 4) is 5.75 Å². The van der Waals surface area contributed by atoms with Crippen molar-refractivity contribution in [2.75, 3.05) is 13.7 Å². The van der Waals surface area contributed by atoms with Gasteiger partial charge >= 0.3 is 0 Å². The van der Waals surface area contributed by atoms with Crippen molar-refractivity contribution in [3.63, 3.8) is 0 Å². The van der Waals surface area contributed by atoms with Crippen LogP contribution in [0.1, 0.15) is 56.6 Å². The van der Waals surface area contributed by atoms with Gasteiger partial charge in [-0.3, -0.25) is 0 Å². The van der Waals surface area contributed by atoms with Crippen LogP contribution in [-0.2, 0) is 5.41 Å². The van der Waals surface area contributed by atoms with E-state index in [1.807, 2.05) is 0 Å². The highest BCUT2D eigenvalue weighted by Crippen LogP contribution is 2.50. The first-order valence-corrected chi connectivity index (χ1v) is 8.55. The van der Waals surface area contributed by atoms with Crippen LogP contribution < -0.4 is 10.1 Å². The Hall–Kier alpha value is -1.02. The number of hydrogen-bond acceptors (Lipinski definition) is 2. The average Bonchev–Trinajstić information content (AvgIpc) is 3.26. The number of rotatable bonds is 7. The van der Waals surface area contributed by atoms with Crippen LogP contribution in [0.4, 0.5) is 0 Å². The van der Waals surface area contributed by atoms with Crippen LogP contribution in [0.5, 0.6) is 5.75 Å². The van der Waals surface area contributed by atoms with Gasteiger partial charge in [-0.1, -0.05) is 31.9 Å². The Morgan fingerprint density at radius 3 is 2.67 bits per heavy atom. The molecule has 3 rings (SSSR count). The van der Waals surface area contributed by atoms with Crippen LogP contribution in [0.2, 0.25) is 0 Å². The molecule has 2 fully saturated rings. The maximum atomic E-state index is 5.54. The summed E-state index contributed by atoms with van der Waals surface area (Å²) in [5.74, 6) is 1.96. The first kappa shape index (κ1) is 14.9. The van der Waals surface area contributed by atoms with E-state index in [0.717, 1.165) is 24.3 Å². The number of ether oxygens (including phenoxy) is 1. The van der Waals surface area contributed by atoms with Crippen molar-refractivity contribution in [3.05, 3.63) is 29.3 Å². The molecule has 2 heteroatoms. The molecule has 2 aliphatic carbocycles. The summed E-state index contributed by atoms with van der Waals surface area (Å²) in [6.07, 6.45) is 8.11. The van der Waals surface area contributed by atoms with Crippen LogP contribution in [0.25, 0.3) is 0 Å². The van der Waals surface area contributed by atoms with E-state index in [2.05, 4.69) is 37.4 Å². The van der Waals surface area contributed by atoms with Gasteiger partial charge in [-0.05, 0) is 55.7 Å². The molecule has 0 aliphatic heterocycles. The van der Waals surface area contributed by atoms with Gasteiger partial charge in [0.05, 0.1) is 7.11 Å². The lowest BCUT2D eigenvalue weighted by Crippen LogP contribution is -2.49. The Kier molecular flexibility index (Phi) is 4.26.